The van der Waals surface area contributed by atoms with Crippen molar-refractivity contribution in [1.82, 2.24) is 19.6 Å². The van der Waals surface area contributed by atoms with Gasteiger partial charge in [0.2, 0.25) is 11.8 Å². The predicted octanol–water partition coefficient (Wildman–Crippen LogP) is 6.04. The average Bonchev–Trinajstić information content (AvgIpc) is 3.71. The summed E-state index contributed by atoms with van der Waals surface area (Å²) >= 11 is 0. The van der Waals surface area contributed by atoms with Crippen molar-refractivity contribution in [2.45, 2.75) is 25.2 Å². The van der Waals surface area contributed by atoms with Gasteiger partial charge in [0.15, 0.2) is 5.69 Å². The Morgan fingerprint density at radius 3 is 1.66 bits per heavy atom. The summed E-state index contributed by atoms with van der Waals surface area (Å²) in [5.74, 6) is -3.53. The summed E-state index contributed by atoms with van der Waals surface area (Å²) in [5, 5.41) is 48.2. The second-order valence-electron chi connectivity index (χ2n) is 11.6. The molecule has 0 bridgehead atoms. The van der Waals surface area contributed by atoms with E-state index in [0.29, 0.717) is 29.1 Å². The Morgan fingerprint density at radius 1 is 0.690 bits per heavy atom. The molecular weight excluding hydrogens is 819 g/mol. The van der Waals surface area contributed by atoms with Crippen molar-refractivity contribution in [2.75, 3.05) is 6.61 Å². The van der Waals surface area contributed by atoms with Crippen molar-refractivity contribution in [3.8, 4) is 23.1 Å². The van der Waals surface area contributed by atoms with E-state index in [0.717, 1.165) is 0 Å². The number of rotatable bonds is 12. The van der Waals surface area contributed by atoms with Crippen LogP contribution in [0.5, 0.6) is 11.8 Å². The van der Waals surface area contributed by atoms with Gasteiger partial charge in [-0.15, -0.1) is 0 Å². The monoisotopic (exact) mass is 853 g/mol. The van der Waals surface area contributed by atoms with Crippen LogP contribution in [0, 0.1) is 0 Å². The molecule has 0 spiro atoms. The number of carbonyl (C=O) groups excluding carboxylic acids is 1. The van der Waals surface area contributed by atoms with Crippen molar-refractivity contribution < 1.29 is 69.3 Å². The van der Waals surface area contributed by atoms with E-state index in [2.05, 4.69) is 20.2 Å². The van der Waals surface area contributed by atoms with Crippen molar-refractivity contribution in [1.29, 1.82) is 0 Å². The Balaban J connectivity index is 0.000000252. The number of hydrogen-bond donors (Lipinski definition) is 5. The Morgan fingerprint density at radius 2 is 1.16 bits per heavy atom. The van der Waals surface area contributed by atoms with E-state index < -0.39 is 28.0 Å². The molecule has 0 aliphatic rings. The molecule has 0 aliphatic heterocycles. The smallest absolute Gasteiger partial charge is 0.359 e. The van der Waals surface area contributed by atoms with Crippen molar-refractivity contribution in [3.05, 3.63) is 137 Å². The van der Waals surface area contributed by atoms with Crippen LogP contribution >= 0.6 is 0 Å². The third-order valence-corrected chi connectivity index (χ3v) is 8.86. The molecule has 58 heavy (non-hydrogen) atoms. The van der Waals surface area contributed by atoms with Crippen LogP contribution < -0.4 is 0 Å². The molecular formula is C39H34CoN6O11S. The third-order valence-electron chi connectivity index (χ3n) is 7.99. The number of aromatic hydroxyl groups is 2. The zero-order chi connectivity index (χ0) is 41.3. The van der Waals surface area contributed by atoms with Gasteiger partial charge in [-0.25, -0.2) is 19.1 Å². The number of carboxylic acid groups (broad SMARTS) is 2. The van der Waals surface area contributed by atoms with Crippen LogP contribution in [0.25, 0.3) is 11.4 Å². The summed E-state index contributed by atoms with van der Waals surface area (Å²) in [4.78, 5) is 43.0. The minimum Gasteiger partial charge on any atom is -0.493 e. The van der Waals surface area contributed by atoms with E-state index in [1.165, 1.54) is 64.3 Å². The minimum absolute atomic E-state index is 0. The molecule has 0 aliphatic carbocycles. The number of carboxylic acids is 2. The molecule has 17 nitrogen and oxygen atoms in total. The van der Waals surface area contributed by atoms with Crippen LogP contribution in [-0.4, -0.2) is 89.9 Å². The molecule has 5 N–H and O–H groups in total. The predicted molar refractivity (Wildman–Crippen MR) is 207 cm³/mol. The van der Waals surface area contributed by atoms with Gasteiger partial charge in [0.25, 0.3) is 10.1 Å². The SMILES string of the molecule is CCOC(=O)c1nn(-c2ccccc2)c(O)c1C=Nc1ccccc1C(=O)O.CCc1nn(-c2ccc(S(=O)(=O)O)cc2)c(O)c1C=Nc1ccccc1C(=O)O.[Co]. The van der Waals surface area contributed by atoms with E-state index in [1.807, 2.05) is 13.0 Å². The Hall–Kier alpha value is -6.93. The fourth-order valence-electron chi connectivity index (χ4n) is 5.24. The number of esters is 1. The summed E-state index contributed by atoms with van der Waals surface area (Å²) in [7, 11) is -4.33. The first-order valence-electron chi connectivity index (χ1n) is 16.9. The second kappa shape index (κ2) is 19.3. The normalized spacial score (nSPS) is 11.2. The van der Waals surface area contributed by atoms with Crippen molar-refractivity contribution in [3.63, 3.8) is 0 Å². The number of para-hydroxylation sites is 3. The number of ether oxygens (including phenoxy) is 1. The van der Waals surface area contributed by atoms with Gasteiger partial charge in [0.1, 0.15) is 0 Å². The molecule has 301 valence electrons. The Labute approximate surface area is 341 Å². The van der Waals surface area contributed by atoms with Gasteiger partial charge in [0.05, 0.1) is 62.2 Å². The molecule has 0 saturated heterocycles. The van der Waals surface area contributed by atoms with Gasteiger partial charge < -0.3 is 25.2 Å². The van der Waals surface area contributed by atoms with Crippen LogP contribution in [-0.2, 0) is 38.1 Å². The molecule has 2 aromatic heterocycles. The zero-order valence-corrected chi connectivity index (χ0v) is 32.4. The van der Waals surface area contributed by atoms with E-state index in [-0.39, 0.29) is 73.8 Å². The summed E-state index contributed by atoms with van der Waals surface area (Å²) in [6.07, 6.45) is 3.01. The number of carbonyl (C=O) groups is 3. The number of aromatic nitrogens is 4. The summed E-state index contributed by atoms with van der Waals surface area (Å²) < 4.78 is 38.8. The third kappa shape index (κ3) is 10.1. The second-order valence-corrected chi connectivity index (χ2v) is 13.1. The van der Waals surface area contributed by atoms with E-state index >= 15 is 0 Å². The molecule has 0 saturated carbocycles. The van der Waals surface area contributed by atoms with E-state index in [4.69, 9.17) is 9.29 Å². The van der Waals surface area contributed by atoms with Gasteiger partial charge in [-0.3, -0.25) is 14.5 Å². The maximum absolute atomic E-state index is 12.3. The molecule has 2 heterocycles. The first-order chi connectivity index (χ1) is 27.2. The first kappa shape index (κ1) is 43.8. The quantitative estimate of drug-likeness (QED) is 0.0536. The molecule has 0 fully saturated rings. The zero-order valence-electron chi connectivity index (χ0n) is 30.5. The molecule has 19 heteroatoms. The molecule has 4 aromatic carbocycles. The average molecular weight is 854 g/mol. The topological polar surface area (TPSA) is 256 Å². The standard InChI is InChI=1S/C20H17N3O5.C19H17N3O6S.Co/c1-2-28-20(27)17-15(12-21-16-11-7-6-10-14(16)19(25)26)18(24)23(22-17)13-8-4-3-5-9-13;1-2-16-15(11-20-17-6-4-3-5-14(17)19(24)25)18(23)22(21-16)12-7-9-13(10-8-12)29(26,27)28;/h3-12,24H,2H2,1H3,(H,25,26);3-11,23H,2H2,1H3,(H,24,25)(H,26,27,28);. The fourth-order valence-corrected chi connectivity index (χ4v) is 5.72. The Bertz CT molecular complexity index is 2610. The van der Waals surface area contributed by atoms with Crippen LogP contribution in [0.4, 0.5) is 11.4 Å². The van der Waals surface area contributed by atoms with Crippen LogP contribution in [0.1, 0.15) is 61.9 Å². The Kier molecular flexibility index (Phi) is 14.6. The molecule has 0 unspecified atom stereocenters. The number of aromatic carboxylic acids is 2. The van der Waals surface area contributed by atoms with Gasteiger partial charge >= 0.3 is 17.9 Å². The van der Waals surface area contributed by atoms with Gasteiger partial charge in [0, 0.05) is 29.2 Å². The van der Waals surface area contributed by atoms with Crippen LogP contribution in [0.2, 0.25) is 0 Å². The van der Waals surface area contributed by atoms with Gasteiger partial charge in [-0.05, 0) is 74.0 Å². The van der Waals surface area contributed by atoms with Crippen LogP contribution in [0.15, 0.2) is 118 Å². The van der Waals surface area contributed by atoms with E-state index in [9.17, 15) is 43.2 Å². The summed E-state index contributed by atoms with van der Waals surface area (Å²) in [6.45, 7) is 3.62. The number of nitrogens with zero attached hydrogens (tertiary/aromatic N) is 6. The van der Waals surface area contributed by atoms with E-state index in [1.54, 1.807) is 61.5 Å². The molecule has 1 radical (unpaired) electrons. The molecule has 6 rings (SSSR count). The number of hydrogen-bond acceptors (Lipinski definition) is 12. The number of aliphatic imine (C=N–C) groups is 2. The summed E-state index contributed by atoms with van der Waals surface area (Å²) in [6, 6.07) is 26.3. The molecule has 0 atom stereocenters. The molecule has 0 amide bonds. The maximum Gasteiger partial charge on any atom is 0.359 e. The van der Waals surface area contributed by atoms with Crippen molar-refractivity contribution >= 4 is 51.8 Å². The van der Waals surface area contributed by atoms with Crippen molar-refractivity contribution in [2.24, 2.45) is 9.98 Å². The minimum atomic E-state index is -4.33. The number of benzene rings is 4. The first-order valence-corrected chi connectivity index (χ1v) is 18.3. The molecule has 6 aromatic rings. The van der Waals surface area contributed by atoms with Crippen LogP contribution in [0.3, 0.4) is 0 Å². The largest absolute Gasteiger partial charge is 0.493 e. The van der Waals surface area contributed by atoms with Gasteiger partial charge in [-0.2, -0.15) is 23.3 Å². The number of aryl methyl sites for hydroxylation is 1. The van der Waals surface area contributed by atoms with Gasteiger partial charge in [-0.1, -0.05) is 49.4 Å². The maximum atomic E-state index is 12.3. The fraction of sp³-hybridized carbons (Fsp3) is 0.103. The summed E-state index contributed by atoms with van der Waals surface area (Å²) in [5.41, 5.74) is 2.06.